The molecular weight excluding hydrogens is 416 g/mol. The molecule has 2 aromatic rings. The molecule has 0 atom stereocenters. The van der Waals surface area contributed by atoms with Crippen molar-refractivity contribution in [3.8, 4) is 5.75 Å². The van der Waals surface area contributed by atoms with Crippen molar-refractivity contribution in [2.24, 2.45) is 0 Å². The number of nitrogens with one attached hydrogen (secondary N) is 1. The Morgan fingerprint density at radius 2 is 1.61 bits per heavy atom. The van der Waals surface area contributed by atoms with E-state index in [-0.39, 0.29) is 11.8 Å². The van der Waals surface area contributed by atoms with E-state index in [0.717, 1.165) is 29.8 Å². The lowest BCUT2D eigenvalue weighted by molar-refractivity contribution is -0.137. The molecule has 176 valence electrons. The summed E-state index contributed by atoms with van der Waals surface area (Å²) in [5.74, 6) is 0.128. The van der Waals surface area contributed by atoms with Crippen molar-refractivity contribution in [1.29, 1.82) is 0 Å². The van der Waals surface area contributed by atoms with Crippen LogP contribution in [0, 0.1) is 13.8 Å². The van der Waals surface area contributed by atoms with Gasteiger partial charge in [-0.15, -0.1) is 0 Å². The molecule has 3 rings (SSSR count). The quantitative estimate of drug-likeness (QED) is 0.360. The molecule has 0 fully saturated rings. The van der Waals surface area contributed by atoms with Crippen LogP contribution in [0.3, 0.4) is 0 Å². The molecule has 6 nitrogen and oxygen atoms in total. The number of unbranched alkanes of at least 4 members (excludes halogenated alkanes) is 1. The molecule has 1 aliphatic heterocycles. The van der Waals surface area contributed by atoms with Gasteiger partial charge in [0.1, 0.15) is 11.4 Å². The maximum Gasteiger partial charge on any atom is 0.278 e. The highest BCUT2D eigenvalue weighted by molar-refractivity contribution is 6.36. The van der Waals surface area contributed by atoms with Crippen LogP contribution < -0.4 is 10.1 Å². The number of carbonyl (C=O) groups is 2. The number of nitrogens with zero attached hydrogens (tertiary/aromatic N) is 1. The lowest BCUT2D eigenvalue weighted by Crippen LogP contribution is -2.34. The topological polar surface area (TPSA) is 67.9 Å². The summed E-state index contributed by atoms with van der Waals surface area (Å²) in [6, 6.07) is 13.2. The van der Waals surface area contributed by atoms with E-state index in [2.05, 4.69) is 12.2 Å². The number of rotatable bonds is 12. The molecule has 0 spiro atoms. The van der Waals surface area contributed by atoms with Crippen LogP contribution in [0.25, 0.3) is 5.57 Å². The van der Waals surface area contributed by atoms with Crippen molar-refractivity contribution in [2.75, 3.05) is 31.7 Å². The highest BCUT2D eigenvalue weighted by atomic mass is 16.5. The van der Waals surface area contributed by atoms with Gasteiger partial charge in [-0.1, -0.05) is 31.5 Å². The first kappa shape index (κ1) is 24.5. The normalized spacial score (nSPS) is 13.8. The Bertz CT molecular complexity index is 1010. The molecule has 33 heavy (non-hydrogen) atoms. The SMILES string of the molecule is CCCCOCCCN1C(=O)C(Nc2ccc(C)c(C)c2)=C(c2ccc(OCC)cc2)C1=O. The first-order valence-corrected chi connectivity index (χ1v) is 11.7. The number of carbonyl (C=O) groups excluding carboxylic acids is 2. The van der Waals surface area contributed by atoms with Crippen LogP contribution in [0.2, 0.25) is 0 Å². The third-order valence-corrected chi connectivity index (χ3v) is 5.71. The Labute approximate surface area is 196 Å². The zero-order chi connectivity index (χ0) is 23.8. The largest absolute Gasteiger partial charge is 0.494 e. The predicted octanol–water partition coefficient (Wildman–Crippen LogP) is 5.10. The lowest BCUT2D eigenvalue weighted by atomic mass is 10.0. The van der Waals surface area contributed by atoms with Gasteiger partial charge in [-0.2, -0.15) is 0 Å². The first-order valence-electron chi connectivity index (χ1n) is 11.7. The van der Waals surface area contributed by atoms with Gasteiger partial charge in [0, 0.05) is 25.4 Å². The van der Waals surface area contributed by atoms with Crippen molar-refractivity contribution in [3.05, 3.63) is 64.9 Å². The Morgan fingerprint density at radius 1 is 0.879 bits per heavy atom. The third-order valence-electron chi connectivity index (χ3n) is 5.71. The van der Waals surface area contributed by atoms with Crippen molar-refractivity contribution in [1.82, 2.24) is 4.90 Å². The second-order valence-corrected chi connectivity index (χ2v) is 8.21. The second kappa shape index (κ2) is 11.7. The monoisotopic (exact) mass is 450 g/mol. The molecular formula is C27H34N2O4. The Morgan fingerprint density at radius 3 is 2.27 bits per heavy atom. The molecule has 2 aromatic carbocycles. The highest BCUT2D eigenvalue weighted by Gasteiger charge is 2.38. The molecule has 1 heterocycles. The van der Waals surface area contributed by atoms with E-state index in [9.17, 15) is 9.59 Å². The number of imide groups is 1. The number of aryl methyl sites for hydroxylation is 2. The van der Waals surface area contributed by atoms with Crippen LogP contribution in [0.5, 0.6) is 5.75 Å². The average molecular weight is 451 g/mol. The highest BCUT2D eigenvalue weighted by Crippen LogP contribution is 2.32. The molecule has 0 aromatic heterocycles. The van der Waals surface area contributed by atoms with E-state index < -0.39 is 0 Å². The standard InChI is InChI=1S/C27H34N2O4/c1-5-7-16-32-17-8-15-29-26(30)24(21-10-13-23(14-11-21)33-6-2)25(27(29)31)28-22-12-9-19(3)20(4)18-22/h9-14,18,28H,5-8,15-17H2,1-4H3. The van der Waals surface area contributed by atoms with Gasteiger partial charge in [0.15, 0.2) is 0 Å². The average Bonchev–Trinajstić information content (AvgIpc) is 3.03. The van der Waals surface area contributed by atoms with E-state index in [0.29, 0.717) is 49.6 Å². The Hall–Kier alpha value is -3.12. The summed E-state index contributed by atoms with van der Waals surface area (Å²) >= 11 is 0. The zero-order valence-electron chi connectivity index (χ0n) is 20.1. The van der Waals surface area contributed by atoms with Crippen molar-refractivity contribution in [3.63, 3.8) is 0 Å². The fourth-order valence-corrected chi connectivity index (χ4v) is 3.68. The third kappa shape index (κ3) is 6.02. The van der Waals surface area contributed by atoms with Gasteiger partial charge < -0.3 is 14.8 Å². The predicted molar refractivity (Wildman–Crippen MR) is 131 cm³/mol. The minimum atomic E-state index is -0.310. The minimum absolute atomic E-state index is 0.288. The maximum atomic E-state index is 13.4. The van der Waals surface area contributed by atoms with E-state index in [1.807, 2.05) is 63.2 Å². The number of hydrogen-bond acceptors (Lipinski definition) is 5. The van der Waals surface area contributed by atoms with Crippen molar-refractivity contribution >= 4 is 23.1 Å². The van der Waals surface area contributed by atoms with Gasteiger partial charge in [-0.25, -0.2) is 0 Å². The van der Waals surface area contributed by atoms with E-state index in [1.165, 1.54) is 10.5 Å². The second-order valence-electron chi connectivity index (χ2n) is 8.21. The Balaban J connectivity index is 1.85. The number of anilines is 1. The fraction of sp³-hybridized carbons (Fsp3) is 0.407. The van der Waals surface area contributed by atoms with Gasteiger partial charge in [0.25, 0.3) is 11.8 Å². The fourth-order valence-electron chi connectivity index (χ4n) is 3.68. The molecule has 2 amide bonds. The van der Waals surface area contributed by atoms with Gasteiger partial charge >= 0.3 is 0 Å². The molecule has 0 bridgehead atoms. The summed E-state index contributed by atoms with van der Waals surface area (Å²) in [6.45, 7) is 10.2. The van der Waals surface area contributed by atoms with Crippen LogP contribution in [0.1, 0.15) is 49.8 Å². The summed E-state index contributed by atoms with van der Waals surface area (Å²) in [7, 11) is 0. The summed E-state index contributed by atoms with van der Waals surface area (Å²) in [6.07, 6.45) is 2.69. The molecule has 0 saturated carbocycles. The zero-order valence-corrected chi connectivity index (χ0v) is 20.1. The van der Waals surface area contributed by atoms with Crippen LogP contribution >= 0.6 is 0 Å². The number of ether oxygens (including phenoxy) is 2. The number of amides is 2. The summed E-state index contributed by atoms with van der Waals surface area (Å²) in [4.78, 5) is 28.0. The van der Waals surface area contributed by atoms with Crippen LogP contribution in [-0.4, -0.2) is 43.1 Å². The lowest BCUT2D eigenvalue weighted by Gasteiger charge is -2.15. The van der Waals surface area contributed by atoms with Crippen molar-refractivity contribution < 1.29 is 19.1 Å². The molecule has 0 saturated heterocycles. The first-order chi connectivity index (χ1) is 16.0. The van der Waals surface area contributed by atoms with E-state index >= 15 is 0 Å². The molecule has 0 aliphatic carbocycles. The van der Waals surface area contributed by atoms with Crippen molar-refractivity contribution in [2.45, 2.75) is 47.0 Å². The maximum absolute atomic E-state index is 13.4. The van der Waals surface area contributed by atoms with Gasteiger partial charge in [-0.05, 0) is 74.6 Å². The van der Waals surface area contributed by atoms with E-state index in [1.54, 1.807) is 0 Å². The summed E-state index contributed by atoms with van der Waals surface area (Å²) in [5.41, 5.74) is 4.43. The number of hydrogen-bond donors (Lipinski definition) is 1. The van der Waals surface area contributed by atoms with E-state index in [4.69, 9.17) is 9.47 Å². The van der Waals surface area contributed by atoms with Gasteiger partial charge in [-0.3, -0.25) is 14.5 Å². The van der Waals surface area contributed by atoms with Crippen LogP contribution in [-0.2, 0) is 14.3 Å². The molecule has 6 heteroatoms. The number of benzene rings is 2. The van der Waals surface area contributed by atoms with Crippen LogP contribution in [0.15, 0.2) is 48.2 Å². The smallest absolute Gasteiger partial charge is 0.278 e. The summed E-state index contributed by atoms with van der Waals surface area (Å²) < 4.78 is 11.1. The summed E-state index contributed by atoms with van der Waals surface area (Å²) in [5, 5.41) is 3.23. The molecule has 0 unspecified atom stereocenters. The minimum Gasteiger partial charge on any atom is -0.494 e. The van der Waals surface area contributed by atoms with Gasteiger partial charge in [0.05, 0.1) is 12.2 Å². The molecule has 1 N–H and O–H groups in total. The van der Waals surface area contributed by atoms with Crippen LogP contribution in [0.4, 0.5) is 5.69 Å². The van der Waals surface area contributed by atoms with Gasteiger partial charge in [0.2, 0.25) is 0 Å². The Kier molecular flexibility index (Phi) is 8.66. The molecule has 0 radical (unpaired) electrons. The molecule has 1 aliphatic rings.